The molecule has 1 aromatic rings. The number of hydrogen-bond donors (Lipinski definition) is 1. The third kappa shape index (κ3) is 4.25. The highest BCUT2D eigenvalue weighted by Gasteiger charge is 2.25. The predicted octanol–water partition coefficient (Wildman–Crippen LogP) is 1.90. The molecule has 0 spiro atoms. The van der Waals surface area contributed by atoms with Crippen LogP contribution >= 0.6 is 0 Å². The fraction of sp³-hybridized carbons (Fsp3) is 0.706. The quantitative estimate of drug-likeness (QED) is 0.917. The zero-order chi connectivity index (χ0) is 14.3. The van der Waals surface area contributed by atoms with Crippen LogP contribution in [0.25, 0.3) is 0 Å². The number of aromatic nitrogens is 1. The Morgan fingerprint density at radius 2 is 1.76 bits per heavy atom. The van der Waals surface area contributed by atoms with E-state index in [0.29, 0.717) is 6.04 Å². The Hall–Kier alpha value is -0.970. The highest BCUT2D eigenvalue weighted by molar-refractivity contribution is 5.10. The van der Waals surface area contributed by atoms with Crippen LogP contribution in [-0.2, 0) is 0 Å². The molecule has 4 nitrogen and oxygen atoms in total. The molecule has 116 valence electrons. The lowest BCUT2D eigenvalue weighted by atomic mass is 10.1. The van der Waals surface area contributed by atoms with Crippen LogP contribution in [0.15, 0.2) is 24.4 Å². The van der Waals surface area contributed by atoms with Gasteiger partial charge in [0.25, 0.3) is 0 Å². The molecule has 1 unspecified atom stereocenters. The van der Waals surface area contributed by atoms with Gasteiger partial charge >= 0.3 is 0 Å². The van der Waals surface area contributed by atoms with Crippen molar-refractivity contribution in [3.63, 3.8) is 0 Å². The summed E-state index contributed by atoms with van der Waals surface area (Å²) in [4.78, 5) is 9.94. The highest BCUT2D eigenvalue weighted by Crippen LogP contribution is 2.24. The summed E-state index contributed by atoms with van der Waals surface area (Å²) >= 11 is 0. The molecule has 0 bridgehead atoms. The molecule has 0 aliphatic carbocycles. The SMILES string of the molecule is c1ccc(C(CN2CCNCC2)N2CCCCCC2)nc1. The molecular formula is C17H28N4. The monoisotopic (exact) mass is 288 g/mol. The maximum absolute atomic E-state index is 4.67. The zero-order valence-corrected chi connectivity index (χ0v) is 13.0. The number of piperazine rings is 1. The van der Waals surface area contributed by atoms with Gasteiger partial charge in [-0.2, -0.15) is 0 Å². The Morgan fingerprint density at radius 3 is 2.43 bits per heavy atom. The summed E-state index contributed by atoms with van der Waals surface area (Å²) in [5, 5.41) is 3.45. The van der Waals surface area contributed by atoms with Crippen molar-refractivity contribution < 1.29 is 0 Å². The smallest absolute Gasteiger partial charge is 0.0649 e. The van der Waals surface area contributed by atoms with E-state index in [1.165, 1.54) is 44.5 Å². The number of hydrogen-bond acceptors (Lipinski definition) is 4. The van der Waals surface area contributed by atoms with E-state index in [9.17, 15) is 0 Å². The summed E-state index contributed by atoms with van der Waals surface area (Å²) in [5.41, 5.74) is 1.25. The summed E-state index contributed by atoms with van der Waals surface area (Å²) in [5.74, 6) is 0. The van der Waals surface area contributed by atoms with E-state index in [-0.39, 0.29) is 0 Å². The normalized spacial score (nSPS) is 23.6. The fourth-order valence-electron chi connectivity index (χ4n) is 3.51. The first-order valence-corrected chi connectivity index (χ1v) is 8.51. The third-order valence-electron chi connectivity index (χ3n) is 4.75. The van der Waals surface area contributed by atoms with Crippen molar-refractivity contribution in [3.05, 3.63) is 30.1 Å². The van der Waals surface area contributed by atoms with Gasteiger partial charge in [-0.05, 0) is 38.1 Å². The Kier molecular flexibility index (Phi) is 5.60. The third-order valence-corrected chi connectivity index (χ3v) is 4.75. The van der Waals surface area contributed by atoms with E-state index in [1.54, 1.807) is 0 Å². The summed E-state index contributed by atoms with van der Waals surface area (Å²) in [6, 6.07) is 6.82. The molecule has 0 radical (unpaired) electrons. The summed E-state index contributed by atoms with van der Waals surface area (Å²) in [6.07, 6.45) is 7.39. The molecule has 4 heteroatoms. The van der Waals surface area contributed by atoms with Crippen molar-refractivity contribution in [2.45, 2.75) is 31.7 Å². The van der Waals surface area contributed by atoms with Gasteiger partial charge in [-0.1, -0.05) is 18.9 Å². The number of rotatable bonds is 4. The fourth-order valence-corrected chi connectivity index (χ4v) is 3.51. The molecule has 2 aliphatic heterocycles. The molecule has 1 N–H and O–H groups in total. The predicted molar refractivity (Wildman–Crippen MR) is 86.3 cm³/mol. The van der Waals surface area contributed by atoms with Crippen LogP contribution in [-0.4, -0.2) is 60.6 Å². The zero-order valence-electron chi connectivity index (χ0n) is 13.0. The molecule has 3 heterocycles. The van der Waals surface area contributed by atoms with E-state index in [0.717, 1.165) is 32.7 Å². The van der Waals surface area contributed by atoms with Crippen molar-refractivity contribution in [1.82, 2.24) is 20.1 Å². The molecule has 2 saturated heterocycles. The molecule has 1 aromatic heterocycles. The maximum atomic E-state index is 4.67. The lowest BCUT2D eigenvalue weighted by Crippen LogP contribution is -2.47. The van der Waals surface area contributed by atoms with E-state index in [4.69, 9.17) is 0 Å². The van der Waals surface area contributed by atoms with Gasteiger partial charge in [0.05, 0.1) is 11.7 Å². The second-order valence-electron chi connectivity index (χ2n) is 6.27. The Morgan fingerprint density at radius 1 is 1.00 bits per heavy atom. The van der Waals surface area contributed by atoms with Gasteiger partial charge in [0, 0.05) is 38.9 Å². The average molecular weight is 288 g/mol. The van der Waals surface area contributed by atoms with E-state index < -0.39 is 0 Å². The first kappa shape index (κ1) is 14.9. The van der Waals surface area contributed by atoms with Crippen LogP contribution in [0, 0.1) is 0 Å². The summed E-state index contributed by atoms with van der Waals surface area (Å²) < 4.78 is 0. The van der Waals surface area contributed by atoms with Crippen molar-refractivity contribution in [2.24, 2.45) is 0 Å². The van der Waals surface area contributed by atoms with Crippen LogP contribution in [0.2, 0.25) is 0 Å². The van der Waals surface area contributed by atoms with Gasteiger partial charge < -0.3 is 5.32 Å². The Bertz CT molecular complexity index is 395. The van der Waals surface area contributed by atoms with E-state index >= 15 is 0 Å². The topological polar surface area (TPSA) is 31.4 Å². The number of likely N-dealkylation sites (tertiary alicyclic amines) is 1. The molecule has 2 fully saturated rings. The standard InChI is InChI=1S/C17H28N4/c1-2-6-12-21(11-5-1)17(16-7-3-4-8-19-16)15-20-13-9-18-10-14-20/h3-4,7-8,17-18H,1-2,5-6,9-15H2. The second-order valence-corrected chi connectivity index (χ2v) is 6.27. The second kappa shape index (κ2) is 7.87. The largest absolute Gasteiger partial charge is 0.314 e. The van der Waals surface area contributed by atoms with Crippen molar-refractivity contribution in [1.29, 1.82) is 0 Å². The molecule has 0 saturated carbocycles. The minimum Gasteiger partial charge on any atom is -0.314 e. The molecule has 1 atom stereocenters. The van der Waals surface area contributed by atoms with Gasteiger partial charge in [0.2, 0.25) is 0 Å². The van der Waals surface area contributed by atoms with E-state index in [2.05, 4.69) is 32.2 Å². The maximum Gasteiger partial charge on any atom is 0.0649 e. The molecule has 0 aromatic carbocycles. The van der Waals surface area contributed by atoms with Crippen LogP contribution in [0.3, 0.4) is 0 Å². The Labute approximate surface area is 128 Å². The van der Waals surface area contributed by atoms with Crippen molar-refractivity contribution in [3.8, 4) is 0 Å². The van der Waals surface area contributed by atoms with Crippen molar-refractivity contribution >= 4 is 0 Å². The van der Waals surface area contributed by atoms with Crippen LogP contribution in [0.1, 0.15) is 37.4 Å². The number of nitrogens with one attached hydrogen (secondary N) is 1. The van der Waals surface area contributed by atoms with Gasteiger partial charge in [-0.15, -0.1) is 0 Å². The van der Waals surface area contributed by atoms with Gasteiger partial charge in [-0.25, -0.2) is 0 Å². The van der Waals surface area contributed by atoms with Crippen LogP contribution < -0.4 is 5.32 Å². The number of nitrogens with zero attached hydrogens (tertiary/aromatic N) is 3. The number of pyridine rings is 1. The molecule has 3 rings (SSSR count). The summed E-state index contributed by atoms with van der Waals surface area (Å²) in [7, 11) is 0. The molecule has 2 aliphatic rings. The van der Waals surface area contributed by atoms with Crippen LogP contribution in [0.4, 0.5) is 0 Å². The minimum atomic E-state index is 0.461. The van der Waals surface area contributed by atoms with Gasteiger partial charge in [0.15, 0.2) is 0 Å². The average Bonchev–Trinajstić information content (AvgIpc) is 2.84. The Balaban J connectivity index is 1.73. The lowest BCUT2D eigenvalue weighted by Gasteiger charge is -2.36. The first-order valence-electron chi connectivity index (χ1n) is 8.51. The van der Waals surface area contributed by atoms with Crippen LogP contribution in [0.5, 0.6) is 0 Å². The van der Waals surface area contributed by atoms with E-state index in [1.807, 2.05) is 12.3 Å². The summed E-state index contributed by atoms with van der Waals surface area (Å²) in [6.45, 7) is 8.15. The first-order chi connectivity index (χ1) is 10.4. The van der Waals surface area contributed by atoms with Gasteiger partial charge in [-0.3, -0.25) is 14.8 Å². The lowest BCUT2D eigenvalue weighted by molar-refractivity contribution is 0.129. The highest BCUT2D eigenvalue weighted by atomic mass is 15.2. The molecule has 21 heavy (non-hydrogen) atoms. The molecule has 0 amide bonds. The minimum absolute atomic E-state index is 0.461. The van der Waals surface area contributed by atoms with Crippen molar-refractivity contribution in [2.75, 3.05) is 45.8 Å². The van der Waals surface area contributed by atoms with Gasteiger partial charge in [0.1, 0.15) is 0 Å². The molecular weight excluding hydrogens is 260 g/mol.